The molecule has 6 heteroatoms. The zero-order valence-corrected chi connectivity index (χ0v) is 6.11. The van der Waals surface area contributed by atoms with Gasteiger partial charge in [0.05, 0.1) is 5.56 Å². The third-order valence-electron chi connectivity index (χ3n) is 1.40. The molecular formula is C6H8N2O4. The molecule has 0 aliphatic rings. The van der Waals surface area contributed by atoms with Crippen LogP contribution in [-0.4, -0.2) is 22.3 Å². The number of carbonyl (C=O) groups is 1. The van der Waals surface area contributed by atoms with Crippen LogP contribution in [0.5, 0.6) is 0 Å². The normalized spacial score (nSPS) is 12.8. The van der Waals surface area contributed by atoms with Gasteiger partial charge in [-0.05, 0) is 0 Å². The van der Waals surface area contributed by atoms with Crippen LogP contribution in [0.4, 0.5) is 0 Å². The number of rotatable bonds is 3. The highest BCUT2D eigenvalue weighted by atomic mass is 16.5. The zero-order chi connectivity index (χ0) is 9.14. The quantitative estimate of drug-likeness (QED) is 0.537. The molecule has 4 N–H and O–H groups in total. The monoisotopic (exact) mass is 172 g/mol. The second-order valence-corrected chi connectivity index (χ2v) is 2.33. The molecular weight excluding hydrogens is 164 g/mol. The van der Waals surface area contributed by atoms with E-state index in [9.17, 15) is 9.59 Å². The standard InChI is InChI=1S/C6H8N2O4/c7-4(5(9)10)1-3-2-8-12-6(3)11/h2,4,8H,1,7H2,(H,9,10)/t4-/m0/s1. The second kappa shape index (κ2) is 3.22. The molecule has 1 heterocycles. The lowest BCUT2D eigenvalue weighted by molar-refractivity contribution is -0.138. The van der Waals surface area contributed by atoms with Gasteiger partial charge >= 0.3 is 11.6 Å². The summed E-state index contributed by atoms with van der Waals surface area (Å²) in [6.07, 6.45) is 1.27. The molecule has 0 spiro atoms. The Morgan fingerprint density at radius 1 is 1.83 bits per heavy atom. The van der Waals surface area contributed by atoms with Gasteiger partial charge in [-0.2, -0.15) is 0 Å². The van der Waals surface area contributed by atoms with Crippen molar-refractivity contribution in [1.82, 2.24) is 5.16 Å². The molecule has 0 radical (unpaired) electrons. The van der Waals surface area contributed by atoms with Crippen LogP contribution >= 0.6 is 0 Å². The van der Waals surface area contributed by atoms with E-state index < -0.39 is 17.6 Å². The summed E-state index contributed by atoms with van der Waals surface area (Å²) >= 11 is 0. The Morgan fingerprint density at radius 3 is 2.92 bits per heavy atom. The third kappa shape index (κ3) is 1.73. The number of hydrogen-bond donors (Lipinski definition) is 3. The molecule has 0 saturated carbocycles. The van der Waals surface area contributed by atoms with Crippen molar-refractivity contribution in [2.24, 2.45) is 5.73 Å². The number of aromatic nitrogens is 1. The summed E-state index contributed by atoms with van der Waals surface area (Å²) < 4.78 is 4.32. The smallest absolute Gasteiger partial charge is 0.360 e. The molecule has 0 aliphatic heterocycles. The Morgan fingerprint density at radius 2 is 2.50 bits per heavy atom. The molecule has 1 atom stereocenters. The summed E-state index contributed by atoms with van der Waals surface area (Å²) in [5.74, 6) is -1.14. The minimum atomic E-state index is -1.14. The number of carboxylic acid groups (broad SMARTS) is 1. The van der Waals surface area contributed by atoms with Crippen molar-refractivity contribution in [2.75, 3.05) is 0 Å². The number of H-pyrrole nitrogens is 1. The number of aromatic amines is 1. The van der Waals surface area contributed by atoms with Crippen LogP contribution < -0.4 is 11.4 Å². The number of hydrogen-bond acceptors (Lipinski definition) is 4. The Kier molecular flexibility index (Phi) is 2.29. The topological polar surface area (TPSA) is 109 Å². The van der Waals surface area contributed by atoms with Crippen molar-refractivity contribution >= 4 is 5.97 Å². The van der Waals surface area contributed by atoms with E-state index in [1.807, 2.05) is 0 Å². The van der Waals surface area contributed by atoms with Gasteiger partial charge in [0, 0.05) is 12.6 Å². The van der Waals surface area contributed by atoms with Gasteiger partial charge in [-0.3, -0.25) is 4.79 Å². The minimum Gasteiger partial charge on any atom is -0.480 e. The van der Waals surface area contributed by atoms with Gasteiger partial charge < -0.3 is 15.4 Å². The Bertz CT molecular complexity index is 326. The lowest BCUT2D eigenvalue weighted by Gasteiger charge is -2.00. The van der Waals surface area contributed by atoms with Crippen LogP contribution in [-0.2, 0) is 11.2 Å². The molecule has 6 nitrogen and oxygen atoms in total. The summed E-state index contributed by atoms with van der Waals surface area (Å²) in [5, 5.41) is 10.6. The Balaban J connectivity index is 2.70. The minimum absolute atomic E-state index is 0.0266. The first-order chi connectivity index (χ1) is 5.61. The molecule has 0 amide bonds. The molecule has 1 rings (SSSR count). The van der Waals surface area contributed by atoms with Crippen LogP contribution in [0.25, 0.3) is 0 Å². The van der Waals surface area contributed by atoms with Gasteiger partial charge in [-0.1, -0.05) is 0 Å². The Hall–Kier alpha value is -1.56. The van der Waals surface area contributed by atoms with Crippen LogP contribution in [0.1, 0.15) is 5.56 Å². The highest BCUT2D eigenvalue weighted by Crippen LogP contribution is 1.94. The molecule has 0 unspecified atom stereocenters. The number of aliphatic carboxylic acids is 1. The van der Waals surface area contributed by atoms with Crippen LogP contribution in [0.3, 0.4) is 0 Å². The molecule has 1 aromatic heterocycles. The molecule has 12 heavy (non-hydrogen) atoms. The van der Waals surface area contributed by atoms with Gasteiger partial charge in [0.1, 0.15) is 6.04 Å². The van der Waals surface area contributed by atoms with E-state index in [-0.39, 0.29) is 12.0 Å². The lowest BCUT2D eigenvalue weighted by Crippen LogP contribution is -2.33. The molecule has 0 aliphatic carbocycles. The van der Waals surface area contributed by atoms with Gasteiger partial charge in [-0.25, -0.2) is 9.95 Å². The van der Waals surface area contributed by atoms with Gasteiger partial charge in [-0.15, -0.1) is 0 Å². The molecule has 0 bridgehead atoms. The van der Waals surface area contributed by atoms with E-state index in [2.05, 4.69) is 9.68 Å². The van der Waals surface area contributed by atoms with Gasteiger partial charge in [0.2, 0.25) is 0 Å². The molecule has 0 fully saturated rings. The molecule has 0 saturated heterocycles. The van der Waals surface area contributed by atoms with Gasteiger partial charge in [0.15, 0.2) is 0 Å². The van der Waals surface area contributed by atoms with Crippen LogP contribution in [0.2, 0.25) is 0 Å². The zero-order valence-electron chi connectivity index (χ0n) is 6.11. The maximum atomic E-state index is 10.7. The average molecular weight is 172 g/mol. The van der Waals surface area contributed by atoms with E-state index in [1.54, 1.807) is 0 Å². The number of carboxylic acids is 1. The summed E-state index contributed by atoms with van der Waals surface area (Å²) in [6.45, 7) is 0. The Labute approximate surface area is 66.9 Å². The van der Waals surface area contributed by atoms with Crippen molar-refractivity contribution in [1.29, 1.82) is 0 Å². The van der Waals surface area contributed by atoms with Crippen molar-refractivity contribution in [2.45, 2.75) is 12.5 Å². The highest BCUT2D eigenvalue weighted by molar-refractivity contribution is 5.73. The van der Waals surface area contributed by atoms with E-state index in [4.69, 9.17) is 10.8 Å². The van der Waals surface area contributed by atoms with Crippen molar-refractivity contribution in [3.8, 4) is 0 Å². The summed E-state index contributed by atoms with van der Waals surface area (Å²) in [5.41, 5.74) is 4.85. The first kappa shape index (κ1) is 8.54. The number of nitrogens with two attached hydrogens (primary N) is 1. The molecule has 0 aromatic carbocycles. The SMILES string of the molecule is N[C@@H](Cc1c[nH]oc1=O)C(=O)O. The molecule has 1 aromatic rings. The summed E-state index contributed by atoms with van der Waals surface area (Å²) in [6, 6.07) is -1.07. The van der Waals surface area contributed by atoms with Crippen LogP contribution in [0, 0.1) is 0 Å². The first-order valence-electron chi connectivity index (χ1n) is 3.25. The lowest BCUT2D eigenvalue weighted by atomic mass is 10.1. The third-order valence-corrected chi connectivity index (χ3v) is 1.40. The fourth-order valence-corrected chi connectivity index (χ4v) is 0.745. The first-order valence-corrected chi connectivity index (χ1v) is 3.25. The fraction of sp³-hybridized carbons (Fsp3) is 0.333. The number of nitrogens with one attached hydrogen (secondary N) is 1. The van der Waals surface area contributed by atoms with Crippen molar-refractivity contribution < 1.29 is 14.4 Å². The fourth-order valence-electron chi connectivity index (χ4n) is 0.745. The molecule has 66 valence electrons. The summed E-state index contributed by atoms with van der Waals surface area (Å²) in [7, 11) is 0. The average Bonchev–Trinajstić information content (AvgIpc) is 2.36. The summed E-state index contributed by atoms with van der Waals surface area (Å²) in [4.78, 5) is 21.0. The van der Waals surface area contributed by atoms with E-state index in [0.29, 0.717) is 0 Å². The van der Waals surface area contributed by atoms with Crippen LogP contribution in [0.15, 0.2) is 15.5 Å². The maximum absolute atomic E-state index is 10.7. The second-order valence-electron chi connectivity index (χ2n) is 2.33. The van der Waals surface area contributed by atoms with Crippen molar-refractivity contribution in [3.05, 3.63) is 22.2 Å². The highest BCUT2D eigenvalue weighted by Gasteiger charge is 2.15. The van der Waals surface area contributed by atoms with E-state index in [1.165, 1.54) is 6.20 Å². The van der Waals surface area contributed by atoms with Crippen molar-refractivity contribution in [3.63, 3.8) is 0 Å². The largest absolute Gasteiger partial charge is 0.480 e. The van der Waals surface area contributed by atoms with E-state index >= 15 is 0 Å². The predicted molar refractivity (Wildman–Crippen MR) is 38.6 cm³/mol. The van der Waals surface area contributed by atoms with E-state index in [0.717, 1.165) is 0 Å². The van der Waals surface area contributed by atoms with Gasteiger partial charge in [0.25, 0.3) is 0 Å². The predicted octanol–water partition coefficient (Wildman–Crippen LogP) is -1.08. The maximum Gasteiger partial charge on any atom is 0.360 e.